The molecule has 0 saturated carbocycles. The molecule has 102 valence electrons. The van der Waals surface area contributed by atoms with Gasteiger partial charge in [-0.25, -0.2) is 0 Å². The first kappa shape index (κ1) is 12.8. The molecule has 5 nitrogen and oxygen atoms in total. The molecule has 0 fully saturated rings. The van der Waals surface area contributed by atoms with E-state index in [1.807, 2.05) is 24.3 Å². The molecule has 0 aliphatic heterocycles. The summed E-state index contributed by atoms with van der Waals surface area (Å²) in [4.78, 5) is 11.1. The number of carbonyl (C=O) groups excluding carboxylic acids is 1. The summed E-state index contributed by atoms with van der Waals surface area (Å²) >= 11 is 0. The summed E-state index contributed by atoms with van der Waals surface area (Å²) in [6, 6.07) is 14.2. The number of hydrogen-bond acceptors (Lipinski definition) is 3. The van der Waals surface area contributed by atoms with Crippen LogP contribution in [-0.4, -0.2) is 15.6 Å². The summed E-state index contributed by atoms with van der Waals surface area (Å²) in [5.41, 5.74) is 7.28. The van der Waals surface area contributed by atoms with Gasteiger partial charge in [-0.05, 0) is 18.2 Å². The third-order valence-electron chi connectivity index (χ3n) is 3.36. The van der Waals surface area contributed by atoms with Gasteiger partial charge < -0.3 is 15.4 Å². The van der Waals surface area contributed by atoms with Crippen LogP contribution in [0.1, 0.15) is 15.9 Å². The average Bonchev–Trinajstić information content (AvgIpc) is 2.85. The molecule has 3 rings (SSSR count). The molecule has 0 atom stereocenters. The van der Waals surface area contributed by atoms with Gasteiger partial charge in [-0.1, -0.05) is 18.2 Å². The number of primary amides is 1. The fourth-order valence-electron chi connectivity index (χ4n) is 2.36. The minimum absolute atomic E-state index is 0.0655. The summed E-state index contributed by atoms with van der Waals surface area (Å²) in [5.74, 6) is -0.870. The van der Waals surface area contributed by atoms with Gasteiger partial charge in [-0.3, -0.25) is 4.79 Å². The maximum absolute atomic E-state index is 11.1. The summed E-state index contributed by atoms with van der Waals surface area (Å²) in [5, 5.41) is 19.9. The predicted octanol–water partition coefficient (Wildman–Crippen LogP) is 2.31. The van der Waals surface area contributed by atoms with E-state index in [1.165, 1.54) is 12.1 Å². The van der Waals surface area contributed by atoms with Gasteiger partial charge in [0.25, 0.3) is 5.91 Å². The standard InChI is InChI=1S/C16H11N3O2/c17-8-10-9-19(14-4-2-1-3-12(10)14)11-5-6-13(16(18)21)15(20)7-11/h1-7,9,20H,(H2,18,21). The third-order valence-corrected chi connectivity index (χ3v) is 3.36. The van der Waals surface area contributed by atoms with Crippen LogP contribution in [-0.2, 0) is 0 Å². The van der Waals surface area contributed by atoms with Crippen molar-refractivity contribution < 1.29 is 9.90 Å². The normalized spacial score (nSPS) is 10.4. The molecule has 0 spiro atoms. The van der Waals surface area contributed by atoms with E-state index in [1.54, 1.807) is 16.8 Å². The van der Waals surface area contributed by atoms with Gasteiger partial charge in [-0.2, -0.15) is 5.26 Å². The Kier molecular flexibility index (Phi) is 2.85. The second-order valence-corrected chi connectivity index (χ2v) is 4.61. The number of amides is 1. The lowest BCUT2D eigenvalue weighted by atomic mass is 10.1. The lowest BCUT2D eigenvalue weighted by molar-refractivity contribution is 0.0998. The number of aromatic hydroxyl groups is 1. The SMILES string of the molecule is N#Cc1cn(-c2ccc(C(N)=O)c(O)c2)c2ccccc12. The van der Waals surface area contributed by atoms with Gasteiger partial charge in [0.1, 0.15) is 11.8 Å². The maximum Gasteiger partial charge on any atom is 0.252 e. The number of rotatable bonds is 2. The van der Waals surface area contributed by atoms with E-state index >= 15 is 0 Å². The fraction of sp³-hybridized carbons (Fsp3) is 0. The van der Waals surface area contributed by atoms with Crippen LogP contribution in [0.2, 0.25) is 0 Å². The zero-order chi connectivity index (χ0) is 15.0. The second kappa shape index (κ2) is 4.69. The Morgan fingerprint density at radius 3 is 2.67 bits per heavy atom. The molecule has 3 N–H and O–H groups in total. The molecule has 0 saturated heterocycles. The third kappa shape index (κ3) is 1.99. The van der Waals surface area contributed by atoms with E-state index in [2.05, 4.69) is 6.07 Å². The molecule has 5 heteroatoms. The molecule has 0 aliphatic carbocycles. The van der Waals surface area contributed by atoms with Crippen LogP contribution in [0.3, 0.4) is 0 Å². The monoisotopic (exact) mass is 277 g/mol. The lowest BCUT2D eigenvalue weighted by Gasteiger charge is -2.07. The van der Waals surface area contributed by atoms with Crippen LogP contribution in [0.25, 0.3) is 16.6 Å². The largest absolute Gasteiger partial charge is 0.507 e. The zero-order valence-electron chi connectivity index (χ0n) is 10.9. The molecule has 0 unspecified atom stereocenters. The zero-order valence-corrected chi connectivity index (χ0v) is 10.9. The van der Waals surface area contributed by atoms with Crippen molar-refractivity contribution in [2.24, 2.45) is 5.73 Å². The van der Waals surface area contributed by atoms with E-state index in [0.717, 1.165) is 10.9 Å². The summed E-state index contributed by atoms with van der Waals surface area (Å²) < 4.78 is 1.79. The van der Waals surface area contributed by atoms with Crippen LogP contribution < -0.4 is 5.73 Å². The van der Waals surface area contributed by atoms with Crippen LogP contribution in [0.5, 0.6) is 5.75 Å². The highest BCUT2D eigenvalue weighted by molar-refractivity contribution is 5.96. The summed E-state index contributed by atoms with van der Waals surface area (Å²) in [6.45, 7) is 0. The van der Waals surface area contributed by atoms with Gasteiger partial charge >= 0.3 is 0 Å². The van der Waals surface area contributed by atoms with Crippen LogP contribution in [0, 0.1) is 11.3 Å². The topological polar surface area (TPSA) is 92.0 Å². The Morgan fingerprint density at radius 1 is 1.24 bits per heavy atom. The molecule has 3 aromatic rings. The molecule has 1 aromatic heterocycles. The van der Waals surface area contributed by atoms with E-state index in [0.29, 0.717) is 11.3 Å². The number of fused-ring (bicyclic) bond motifs is 1. The van der Waals surface area contributed by atoms with Gasteiger partial charge in [0, 0.05) is 23.3 Å². The quantitative estimate of drug-likeness (QED) is 0.752. The highest BCUT2D eigenvalue weighted by Crippen LogP contribution is 2.27. The van der Waals surface area contributed by atoms with E-state index in [-0.39, 0.29) is 11.3 Å². The lowest BCUT2D eigenvalue weighted by Crippen LogP contribution is -2.11. The smallest absolute Gasteiger partial charge is 0.252 e. The van der Waals surface area contributed by atoms with Crippen LogP contribution >= 0.6 is 0 Å². The average molecular weight is 277 g/mol. The van der Waals surface area contributed by atoms with Crippen LogP contribution in [0.15, 0.2) is 48.7 Å². The van der Waals surface area contributed by atoms with Gasteiger partial charge in [0.15, 0.2) is 0 Å². The highest BCUT2D eigenvalue weighted by Gasteiger charge is 2.12. The number of nitriles is 1. The second-order valence-electron chi connectivity index (χ2n) is 4.61. The van der Waals surface area contributed by atoms with Crippen LogP contribution in [0.4, 0.5) is 0 Å². The van der Waals surface area contributed by atoms with Crippen molar-refractivity contribution in [3.63, 3.8) is 0 Å². The number of nitrogens with two attached hydrogens (primary N) is 1. The Morgan fingerprint density at radius 2 is 2.00 bits per heavy atom. The van der Waals surface area contributed by atoms with Gasteiger partial charge in [0.2, 0.25) is 0 Å². The molecule has 1 heterocycles. The first-order valence-corrected chi connectivity index (χ1v) is 6.25. The number of hydrogen-bond donors (Lipinski definition) is 2. The van der Waals surface area contributed by atoms with Crippen molar-refractivity contribution in [2.45, 2.75) is 0 Å². The molecular weight excluding hydrogens is 266 g/mol. The van der Waals surface area contributed by atoms with E-state index in [4.69, 9.17) is 5.73 Å². The number of phenols is 1. The molecule has 1 amide bonds. The number of para-hydroxylation sites is 1. The number of nitrogens with zero attached hydrogens (tertiary/aromatic N) is 2. The number of aromatic nitrogens is 1. The summed E-state index contributed by atoms with van der Waals surface area (Å²) in [6.07, 6.45) is 1.70. The number of carbonyl (C=O) groups is 1. The van der Waals surface area contributed by atoms with Gasteiger partial charge in [0.05, 0.1) is 16.6 Å². The minimum Gasteiger partial charge on any atom is -0.507 e. The maximum atomic E-state index is 11.1. The van der Waals surface area contributed by atoms with E-state index < -0.39 is 5.91 Å². The minimum atomic E-state index is -0.686. The Balaban J connectivity index is 2.24. The fourth-order valence-corrected chi connectivity index (χ4v) is 2.36. The molecule has 21 heavy (non-hydrogen) atoms. The first-order chi connectivity index (χ1) is 10.1. The number of benzene rings is 2. The molecule has 0 aliphatic rings. The van der Waals surface area contributed by atoms with Crippen molar-refractivity contribution in [1.82, 2.24) is 4.57 Å². The summed E-state index contributed by atoms with van der Waals surface area (Å²) in [7, 11) is 0. The predicted molar refractivity (Wildman–Crippen MR) is 78.2 cm³/mol. The van der Waals surface area contributed by atoms with Gasteiger partial charge in [-0.15, -0.1) is 0 Å². The molecule has 0 radical (unpaired) electrons. The molecule has 2 aromatic carbocycles. The van der Waals surface area contributed by atoms with Crippen molar-refractivity contribution >= 4 is 16.8 Å². The Labute approximate surface area is 120 Å². The van der Waals surface area contributed by atoms with Crippen molar-refractivity contribution in [1.29, 1.82) is 5.26 Å². The van der Waals surface area contributed by atoms with Crippen molar-refractivity contribution in [2.75, 3.05) is 0 Å². The van der Waals surface area contributed by atoms with E-state index in [9.17, 15) is 15.2 Å². The molecule has 0 bridgehead atoms. The Hall–Kier alpha value is -3.26. The highest BCUT2D eigenvalue weighted by atomic mass is 16.3. The molecular formula is C16H11N3O2. The van der Waals surface area contributed by atoms with Crippen molar-refractivity contribution in [3.8, 4) is 17.5 Å². The first-order valence-electron chi connectivity index (χ1n) is 6.25. The van der Waals surface area contributed by atoms with Crippen molar-refractivity contribution in [3.05, 3.63) is 59.8 Å². The Bertz CT molecular complexity index is 904.